The molecule has 1 N–H and O–H groups in total. The third kappa shape index (κ3) is 3.63. The van der Waals surface area contributed by atoms with E-state index in [1.807, 2.05) is 30.3 Å². The fourth-order valence-electron chi connectivity index (χ4n) is 2.16. The maximum Gasteiger partial charge on any atom is 0.257 e. The number of carbonyl (C=O) groups is 1. The maximum atomic E-state index is 12.1. The van der Waals surface area contributed by atoms with Gasteiger partial charge in [-0.25, -0.2) is 0 Å². The monoisotopic (exact) mass is 323 g/mol. The first kappa shape index (κ1) is 15.4. The summed E-state index contributed by atoms with van der Waals surface area (Å²) in [5, 5.41) is 12.3. The quantitative estimate of drug-likeness (QED) is 0.764. The predicted molar refractivity (Wildman–Crippen MR) is 93.8 cm³/mol. The number of rotatable bonds is 4. The van der Waals surface area contributed by atoms with Crippen molar-refractivity contribution in [3.63, 3.8) is 0 Å². The van der Waals surface area contributed by atoms with Crippen LogP contribution in [0.3, 0.4) is 0 Å². The van der Waals surface area contributed by atoms with Gasteiger partial charge < -0.3 is 0 Å². The van der Waals surface area contributed by atoms with E-state index >= 15 is 0 Å². The average Bonchev–Trinajstić information content (AvgIpc) is 3.04. The smallest absolute Gasteiger partial charge is 0.257 e. The number of hydrogen-bond acceptors (Lipinski definition) is 4. The molecule has 0 spiro atoms. The summed E-state index contributed by atoms with van der Waals surface area (Å²) >= 11 is 1.37. The van der Waals surface area contributed by atoms with Crippen LogP contribution in [-0.4, -0.2) is 16.1 Å². The van der Waals surface area contributed by atoms with E-state index < -0.39 is 0 Å². The van der Waals surface area contributed by atoms with Crippen molar-refractivity contribution in [3.8, 4) is 10.6 Å². The van der Waals surface area contributed by atoms with Gasteiger partial charge in [0.1, 0.15) is 5.01 Å². The number of amides is 1. The summed E-state index contributed by atoms with van der Waals surface area (Å²) in [6.45, 7) is 4.33. The Morgan fingerprint density at radius 3 is 2.35 bits per heavy atom. The lowest BCUT2D eigenvalue weighted by molar-refractivity contribution is 0.102. The van der Waals surface area contributed by atoms with Gasteiger partial charge in [-0.3, -0.25) is 10.1 Å². The number of carbonyl (C=O) groups excluding carboxylic acids is 1. The largest absolute Gasteiger partial charge is 0.296 e. The zero-order valence-corrected chi connectivity index (χ0v) is 13.8. The van der Waals surface area contributed by atoms with Crippen molar-refractivity contribution in [2.75, 3.05) is 5.32 Å². The minimum Gasteiger partial charge on any atom is -0.296 e. The van der Waals surface area contributed by atoms with Crippen LogP contribution in [0.2, 0.25) is 0 Å². The molecule has 4 nitrogen and oxygen atoms in total. The van der Waals surface area contributed by atoms with Crippen molar-refractivity contribution in [1.82, 2.24) is 10.2 Å². The van der Waals surface area contributed by atoms with Crippen molar-refractivity contribution in [3.05, 3.63) is 65.7 Å². The van der Waals surface area contributed by atoms with Crippen LogP contribution in [0.25, 0.3) is 10.6 Å². The SMILES string of the molecule is CC(C)c1ccc(-c2nnc(NC(=O)c3ccccc3)s2)cc1. The molecule has 0 unspecified atom stereocenters. The summed E-state index contributed by atoms with van der Waals surface area (Å²) in [6, 6.07) is 17.3. The molecule has 3 aromatic rings. The molecule has 0 saturated carbocycles. The molecular formula is C18H17N3OS. The first-order valence-corrected chi connectivity index (χ1v) is 8.25. The van der Waals surface area contributed by atoms with E-state index in [0.717, 1.165) is 10.6 Å². The molecule has 23 heavy (non-hydrogen) atoms. The molecule has 1 amide bonds. The van der Waals surface area contributed by atoms with Gasteiger partial charge in [0.2, 0.25) is 5.13 Å². The number of hydrogen-bond donors (Lipinski definition) is 1. The van der Waals surface area contributed by atoms with E-state index in [9.17, 15) is 4.79 Å². The molecule has 5 heteroatoms. The lowest BCUT2D eigenvalue weighted by Gasteiger charge is -2.04. The molecule has 0 fully saturated rings. The second-order valence-corrected chi connectivity index (χ2v) is 6.49. The highest BCUT2D eigenvalue weighted by Gasteiger charge is 2.11. The minimum absolute atomic E-state index is 0.177. The van der Waals surface area contributed by atoms with Gasteiger partial charge in [0.25, 0.3) is 5.91 Å². The summed E-state index contributed by atoms with van der Waals surface area (Å²) in [7, 11) is 0. The summed E-state index contributed by atoms with van der Waals surface area (Å²) in [6.07, 6.45) is 0. The number of aromatic nitrogens is 2. The Bertz CT molecular complexity index is 795. The van der Waals surface area contributed by atoms with E-state index in [4.69, 9.17) is 0 Å². The summed E-state index contributed by atoms with van der Waals surface area (Å²) in [4.78, 5) is 12.1. The van der Waals surface area contributed by atoms with Gasteiger partial charge in [-0.1, -0.05) is 67.6 Å². The standard InChI is InChI=1S/C18H17N3OS/c1-12(2)13-8-10-15(11-9-13)17-20-21-18(23-17)19-16(22)14-6-4-3-5-7-14/h3-12H,1-2H3,(H,19,21,22). The molecule has 0 saturated heterocycles. The molecule has 2 aromatic carbocycles. The Morgan fingerprint density at radius 2 is 1.70 bits per heavy atom. The molecule has 1 aromatic heterocycles. The predicted octanol–water partition coefficient (Wildman–Crippen LogP) is 4.58. The zero-order valence-electron chi connectivity index (χ0n) is 13.0. The first-order chi connectivity index (χ1) is 11.1. The third-order valence-corrected chi connectivity index (χ3v) is 4.39. The molecule has 0 bridgehead atoms. The Hall–Kier alpha value is -2.53. The van der Waals surface area contributed by atoms with Crippen LogP contribution < -0.4 is 5.32 Å². The van der Waals surface area contributed by atoms with Gasteiger partial charge in [0.15, 0.2) is 0 Å². The van der Waals surface area contributed by atoms with E-state index in [0.29, 0.717) is 16.6 Å². The summed E-state index contributed by atoms with van der Waals surface area (Å²) in [5.74, 6) is 0.322. The molecule has 1 heterocycles. The van der Waals surface area contributed by atoms with Crippen molar-refractivity contribution < 1.29 is 4.79 Å². The van der Waals surface area contributed by atoms with E-state index in [1.54, 1.807) is 12.1 Å². The van der Waals surface area contributed by atoms with Gasteiger partial charge in [-0.15, -0.1) is 10.2 Å². The van der Waals surface area contributed by atoms with Crippen LogP contribution in [0.1, 0.15) is 35.7 Å². The van der Waals surface area contributed by atoms with Crippen LogP contribution >= 0.6 is 11.3 Å². The fourth-order valence-corrected chi connectivity index (χ4v) is 2.90. The maximum absolute atomic E-state index is 12.1. The van der Waals surface area contributed by atoms with E-state index in [-0.39, 0.29) is 5.91 Å². The van der Waals surface area contributed by atoms with Crippen LogP contribution in [0.5, 0.6) is 0 Å². The molecule has 3 rings (SSSR count). The molecule has 116 valence electrons. The Morgan fingerprint density at radius 1 is 1.00 bits per heavy atom. The highest BCUT2D eigenvalue weighted by molar-refractivity contribution is 7.18. The lowest BCUT2D eigenvalue weighted by Crippen LogP contribution is -2.11. The minimum atomic E-state index is -0.177. The van der Waals surface area contributed by atoms with Crippen molar-refractivity contribution >= 4 is 22.4 Å². The highest BCUT2D eigenvalue weighted by Crippen LogP contribution is 2.27. The zero-order chi connectivity index (χ0) is 16.2. The fraction of sp³-hybridized carbons (Fsp3) is 0.167. The Balaban J connectivity index is 1.74. The Kier molecular flexibility index (Phi) is 4.48. The summed E-state index contributed by atoms with van der Waals surface area (Å²) < 4.78 is 0. The normalized spacial score (nSPS) is 10.7. The molecule has 0 radical (unpaired) electrons. The summed E-state index contributed by atoms with van der Waals surface area (Å²) in [5.41, 5.74) is 2.90. The molecule has 0 atom stereocenters. The molecule has 0 aliphatic carbocycles. The number of anilines is 1. The van der Waals surface area contributed by atoms with Gasteiger partial charge in [-0.2, -0.15) is 0 Å². The average molecular weight is 323 g/mol. The van der Waals surface area contributed by atoms with Crippen molar-refractivity contribution in [2.24, 2.45) is 0 Å². The van der Waals surface area contributed by atoms with Crippen molar-refractivity contribution in [2.45, 2.75) is 19.8 Å². The van der Waals surface area contributed by atoms with Crippen LogP contribution in [0.15, 0.2) is 54.6 Å². The third-order valence-electron chi connectivity index (χ3n) is 3.51. The van der Waals surface area contributed by atoms with E-state index in [1.165, 1.54) is 16.9 Å². The van der Waals surface area contributed by atoms with Crippen LogP contribution in [0, 0.1) is 0 Å². The Labute approximate surface area is 139 Å². The second-order valence-electron chi connectivity index (χ2n) is 5.51. The van der Waals surface area contributed by atoms with Gasteiger partial charge in [-0.05, 0) is 23.6 Å². The molecular weight excluding hydrogens is 306 g/mol. The highest BCUT2D eigenvalue weighted by atomic mass is 32.1. The molecule has 0 aliphatic rings. The topological polar surface area (TPSA) is 54.9 Å². The van der Waals surface area contributed by atoms with Crippen LogP contribution in [-0.2, 0) is 0 Å². The van der Waals surface area contributed by atoms with Crippen molar-refractivity contribution in [1.29, 1.82) is 0 Å². The van der Waals surface area contributed by atoms with E-state index in [2.05, 4.69) is 41.5 Å². The number of benzene rings is 2. The molecule has 0 aliphatic heterocycles. The lowest BCUT2D eigenvalue weighted by atomic mass is 10.0. The van der Waals surface area contributed by atoms with Gasteiger partial charge in [0.05, 0.1) is 0 Å². The van der Waals surface area contributed by atoms with Gasteiger partial charge >= 0.3 is 0 Å². The second kappa shape index (κ2) is 6.71. The number of nitrogens with one attached hydrogen (secondary N) is 1. The first-order valence-electron chi connectivity index (χ1n) is 7.44. The van der Waals surface area contributed by atoms with Crippen LogP contribution in [0.4, 0.5) is 5.13 Å². The number of nitrogens with zero attached hydrogens (tertiary/aromatic N) is 2. The van der Waals surface area contributed by atoms with Gasteiger partial charge in [0, 0.05) is 11.1 Å².